The third-order valence-electron chi connectivity index (χ3n) is 5.45. The molecule has 0 fully saturated rings. The van der Waals surface area contributed by atoms with Gasteiger partial charge in [-0.1, -0.05) is 26.0 Å². The van der Waals surface area contributed by atoms with E-state index in [1.807, 2.05) is 42.6 Å². The summed E-state index contributed by atoms with van der Waals surface area (Å²) in [6.07, 6.45) is 7.03. The number of carbonyl (C=O) groups excluding carboxylic acids is 1. The van der Waals surface area contributed by atoms with Crippen molar-refractivity contribution in [1.82, 2.24) is 20.3 Å². The lowest BCUT2D eigenvalue weighted by molar-refractivity contribution is 0.0919. The Morgan fingerprint density at radius 2 is 1.90 bits per heavy atom. The number of carbonyl (C=O) groups is 1. The number of hydrogen-bond acceptors (Lipinski definition) is 5. The SMILES string of the molecule is COCc1ccc(C(=O)NC2CC(C)(C)Cc3nc(-c4ccncc4)ncc32)cc1. The Morgan fingerprint density at radius 1 is 1.17 bits per heavy atom. The van der Waals surface area contributed by atoms with Crippen LogP contribution in [0.3, 0.4) is 0 Å². The number of hydrogen-bond donors (Lipinski definition) is 1. The number of benzene rings is 1. The van der Waals surface area contributed by atoms with Gasteiger partial charge in [-0.15, -0.1) is 0 Å². The number of nitrogens with one attached hydrogen (secondary N) is 1. The quantitative estimate of drug-likeness (QED) is 0.694. The van der Waals surface area contributed by atoms with E-state index in [4.69, 9.17) is 9.72 Å². The standard InChI is InChI=1S/C24H26N4O2/c1-24(2)12-20-19(14-26-22(27-20)17-8-10-25-11-9-17)21(13-24)28-23(29)18-6-4-16(5-7-18)15-30-3/h4-11,14,21H,12-13,15H2,1-3H3,(H,28,29). The van der Waals surface area contributed by atoms with Gasteiger partial charge in [-0.05, 0) is 48.1 Å². The van der Waals surface area contributed by atoms with Crippen LogP contribution in [-0.4, -0.2) is 28.0 Å². The van der Waals surface area contributed by atoms with Gasteiger partial charge in [-0.2, -0.15) is 0 Å². The minimum Gasteiger partial charge on any atom is -0.380 e. The molecule has 2 aromatic heterocycles. The monoisotopic (exact) mass is 402 g/mol. The summed E-state index contributed by atoms with van der Waals surface area (Å²) in [4.78, 5) is 26.4. The van der Waals surface area contributed by atoms with Crippen molar-refractivity contribution in [3.8, 4) is 11.4 Å². The summed E-state index contributed by atoms with van der Waals surface area (Å²) in [5, 5.41) is 3.20. The Hall–Kier alpha value is -3.12. The van der Waals surface area contributed by atoms with Gasteiger partial charge in [0.25, 0.3) is 5.91 Å². The summed E-state index contributed by atoms with van der Waals surface area (Å²) in [5.74, 6) is 0.596. The minimum absolute atomic E-state index is 0.0249. The van der Waals surface area contributed by atoms with E-state index in [1.165, 1.54) is 0 Å². The molecule has 1 aliphatic carbocycles. The second kappa shape index (κ2) is 8.32. The zero-order chi connectivity index (χ0) is 21.1. The number of nitrogens with zero attached hydrogens (tertiary/aromatic N) is 3. The van der Waals surface area contributed by atoms with Gasteiger partial charge in [0.2, 0.25) is 0 Å². The number of pyridine rings is 1. The van der Waals surface area contributed by atoms with E-state index in [0.29, 0.717) is 18.0 Å². The molecule has 4 rings (SSSR count). The van der Waals surface area contributed by atoms with Gasteiger partial charge < -0.3 is 10.1 Å². The first-order chi connectivity index (χ1) is 14.4. The molecule has 0 saturated heterocycles. The molecule has 1 amide bonds. The van der Waals surface area contributed by atoms with Crippen molar-refractivity contribution in [2.75, 3.05) is 7.11 Å². The highest BCUT2D eigenvalue weighted by Gasteiger charge is 2.34. The molecule has 1 unspecified atom stereocenters. The normalized spacial score (nSPS) is 17.2. The first kappa shape index (κ1) is 20.2. The van der Waals surface area contributed by atoms with Crippen LogP contribution in [0.4, 0.5) is 0 Å². The number of fused-ring (bicyclic) bond motifs is 1. The van der Waals surface area contributed by atoms with Crippen molar-refractivity contribution in [3.63, 3.8) is 0 Å². The molecule has 30 heavy (non-hydrogen) atoms. The second-order valence-corrected chi connectivity index (χ2v) is 8.53. The summed E-state index contributed by atoms with van der Waals surface area (Å²) < 4.78 is 5.14. The van der Waals surface area contributed by atoms with Crippen LogP contribution < -0.4 is 5.32 Å². The zero-order valence-corrected chi connectivity index (χ0v) is 17.6. The highest BCUT2D eigenvalue weighted by Crippen LogP contribution is 2.40. The van der Waals surface area contributed by atoms with Crippen molar-refractivity contribution < 1.29 is 9.53 Å². The van der Waals surface area contributed by atoms with Crippen LogP contribution in [-0.2, 0) is 17.8 Å². The van der Waals surface area contributed by atoms with Gasteiger partial charge in [0, 0.05) is 42.4 Å². The highest BCUT2D eigenvalue weighted by atomic mass is 16.5. The van der Waals surface area contributed by atoms with Gasteiger partial charge in [0.05, 0.1) is 18.3 Å². The summed E-state index contributed by atoms with van der Waals surface area (Å²) in [6.45, 7) is 4.95. The lowest BCUT2D eigenvalue weighted by Gasteiger charge is -2.36. The molecular formula is C24H26N4O2. The molecule has 1 aliphatic rings. The molecule has 2 heterocycles. The number of rotatable bonds is 5. The van der Waals surface area contributed by atoms with E-state index >= 15 is 0 Å². The molecule has 154 valence electrons. The van der Waals surface area contributed by atoms with Crippen LogP contribution in [0, 0.1) is 5.41 Å². The average molecular weight is 402 g/mol. The number of ether oxygens (including phenoxy) is 1. The van der Waals surface area contributed by atoms with Crippen LogP contribution in [0.25, 0.3) is 11.4 Å². The molecule has 0 spiro atoms. The van der Waals surface area contributed by atoms with Crippen LogP contribution in [0.1, 0.15) is 53.5 Å². The Bertz CT molecular complexity index is 1030. The third kappa shape index (κ3) is 4.39. The summed E-state index contributed by atoms with van der Waals surface area (Å²) in [6, 6.07) is 11.2. The molecule has 1 N–H and O–H groups in total. The number of amides is 1. The van der Waals surface area contributed by atoms with Crippen molar-refractivity contribution >= 4 is 5.91 Å². The van der Waals surface area contributed by atoms with E-state index in [0.717, 1.165) is 35.2 Å². The van der Waals surface area contributed by atoms with E-state index in [1.54, 1.807) is 19.5 Å². The average Bonchev–Trinajstić information content (AvgIpc) is 2.74. The van der Waals surface area contributed by atoms with Gasteiger partial charge in [-0.3, -0.25) is 9.78 Å². The van der Waals surface area contributed by atoms with Crippen molar-refractivity contribution in [2.24, 2.45) is 5.41 Å². The fourth-order valence-electron chi connectivity index (χ4n) is 3.98. The smallest absolute Gasteiger partial charge is 0.251 e. The minimum atomic E-state index is -0.124. The van der Waals surface area contributed by atoms with E-state index in [-0.39, 0.29) is 17.4 Å². The van der Waals surface area contributed by atoms with Crippen molar-refractivity contribution in [2.45, 2.75) is 39.3 Å². The van der Waals surface area contributed by atoms with Crippen LogP contribution in [0.15, 0.2) is 55.0 Å². The second-order valence-electron chi connectivity index (χ2n) is 8.53. The zero-order valence-electron chi connectivity index (χ0n) is 17.6. The Labute approximate surface area is 176 Å². The molecule has 0 saturated carbocycles. The fraction of sp³-hybridized carbons (Fsp3) is 0.333. The predicted octanol–water partition coefficient (Wildman–Crippen LogP) is 4.13. The Morgan fingerprint density at radius 3 is 2.60 bits per heavy atom. The molecule has 0 radical (unpaired) electrons. The van der Waals surface area contributed by atoms with Crippen LogP contribution >= 0.6 is 0 Å². The highest BCUT2D eigenvalue weighted by molar-refractivity contribution is 5.94. The van der Waals surface area contributed by atoms with Gasteiger partial charge >= 0.3 is 0 Å². The van der Waals surface area contributed by atoms with E-state index in [9.17, 15) is 4.79 Å². The molecule has 6 heteroatoms. The molecule has 3 aromatic rings. The predicted molar refractivity (Wildman–Crippen MR) is 115 cm³/mol. The number of methoxy groups -OCH3 is 1. The van der Waals surface area contributed by atoms with Gasteiger partial charge in [-0.25, -0.2) is 9.97 Å². The maximum Gasteiger partial charge on any atom is 0.251 e. The van der Waals surface area contributed by atoms with Gasteiger partial charge in [0.1, 0.15) is 0 Å². The lowest BCUT2D eigenvalue weighted by atomic mass is 9.74. The lowest BCUT2D eigenvalue weighted by Crippen LogP contribution is -2.37. The molecular weight excluding hydrogens is 376 g/mol. The molecule has 1 aromatic carbocycles. The Balaban J connectivity index is 1.59. The maximum atomic E-state index is 12.9. The van der Waals surface area contributed by atoms with Gasteiger partial charge in [0.15, 0.2) is 5.82 Å². The molecule has 0 aliphatic heterocycles. The third-order valence-corrected chi connectivity index (χ3v) is 5.45. The molecule has 0 bridgehead atoms. The van der Waals surface area contributed by atoms with Crippen molar-refractivity contribution in [3.05, 3.63) is 77.4 Å². The van der Waals surface area contributed by atoms with Crippen LogP contribution in [0.2, 0.25) is 0 Å². The topological polar surface area (TPSA) is 77.0 Å². The van der Waals surface area contributed by atoms with Crippen molar-refractivity contribution in [1.29, 1.82) is 0 Å². The summed E-state index contributed by atoms with van der Waals surface area (Å²) in [5.41, 5.74) is 4.62. The first-order valence-electron chi connectivity index (χ1n) is 10.1. The Kier molecular flexibility index (Phi) is 5.59. The molecule has 1 atom stereocenters. The van der Waals surface area contributed by atoms with Crippen LogP contribution in [0.5, 0.6) is 0 Å². The van der Waals surface area contributed by atoms with E-state index < -0.39 is 0 Å². The summed E-state index contributed by atoms with van der Waals surface area (Å²) in [7, 11) is 1.66. The largest absolute Gasteiger partial charge is 0.380 e. The molecule has 6 nitrogen and oxygen atoms in total. The summed E-state index contributed by atoms with van der Waals surface area (Å²) >= 11 is 0. The number of aromatic nitrogens is 3. The fourth-order valence-corrected chi connectivity index (χ4v) is 3.98. The first-order valence-corrected chi connectivity index (χ1v) is 10.1. The maximum absolute atomic E-state index is 12.9. The van der Waals surface area contributed by atoms with E-state index in [2.05, 4.69) is 29.1 Å².